The minimum atomic E-state index is -0.921. The molecule has 0 aromatic heterocycles. The molecule has 0 heterocycles. The highest BCUT2D eigenvalue weighted by Crippen LogP contribution is 2.24. The van der Waals surface area contributed by atoms with E-state index in [-0.39, 0.29) is 15.7 Å². The summed E-state index contributed by atoms with van der Waals surface area (Å²) in [5.74, 6) is -3.34. The number of nitrogens with one attached hydrogen (secondary N) is 1. The summed E-state index contributed by atoms with van der Waals surface area (Å²) >= 11 is 2.81. The molecule has 0 spiro atoms. The first kappa shape index (κ1) is 14.4. The van der Waals surface area contributed by atoms with Gasteiger partial charge in [0.15, 0.2) is 0 Å². The van der Waals surface area contributed by atoms with Crippen molar-refractivity contribution in [1.82, 2.24) is 0 Å². The molecule has 0 saturated carbocycles. The van der Waals surface area contributed by atoms with E-state index in [1.165, 1.54) is 6.07 Å². The van der Waals surface area contributed by atoms with E-state index in [0.29, 0.717) is 0 Å². The van der Waals surface area contributed by atoms with E-state index < -0.39 is 29.0 Å². The Morgan fingerprint density at radius 2 is 1.75 bits per heavy atom. The van der Waals surface area contributed by atoms with Gasteiger partial charge in [-0.15, -0.1) is 0 Å². The Morgan fingerprint density at radius 1 is 1.05 bits per heavy atom. The number of benzene rings is 2. The third kappa shape index (κ3) is 2.93. The van der Waals surface area contributed by atoms with Gasteiger partial charge in [-0.05, 0) is 40.2 Å². The zero-order chi connectivity index (χ0) is 14.9. The van der Waals surface area contributed by atoms with Gasteiger partial charge in [0.05, 0.1) is 15.7 Å². The summed E-state index contributed by atoms with van der Waals surface area (Å²) in [6, 6.07) is 5.06. The summed E-state index contributed by atoms with van der Waals surface area (Å²) < 4.78 is 40.2. The molecule has 3 nitrogen and oxygen atoms in total. The number of hydrogen-bond acceptors (Lipinski definition) is 2. The van der Waals surface area contributed by atoms with Crippen LogP contribution >= 0.6 is 15.9 Å². The summed E-state index contributed by atoms with van der Waals surface area (Å²) in [5, 5.41) is 2.09. The zero-order valence-electron chi connectivity index (χ0n) is 9.88. The van der Waals surface area contributed by atoms with Gasteiger partial charge in [-0.1, -0.05) is 0 Å². The molecule has 3 N–H and O–H groups in total. The van der Waals surface area contributed by atoms with Crippen molar-refractivity contribution in [2.45, 2.75) is 0 Å². The van der Waals surface area contributed by atoms with Crippen LogP contribution in [-0.2, 0) is 0 Å². The first-order chi connectivity index (χ1) is 9.38. The number of carbonyl (C=O) groups excluding carboxylic acids is 1. The summed E-state index contributed by atoms with van der Waals surface area (Å²) in [6.45, 7) is 0. The van der Waals surface area contributed by atoms with Crippen molar-refractivity contribution in [1.29, 1.82) is 0 Å². The van der Waals surface area contributed by atoms with Gasteiger partial charge in [0.25, 0.3) is 5.91 Å². The molecule has 0 fully saturated rings. The number of amides is 1. The van der Waals surface area contributed by atoms with Crippen LogP contribution in [-0.4, -0.2) is 5.91 Å². The van der Waals surface area contributed by atoms with Crippen LogP contribution in [0.5, 0.6) is 0 Å². The molecular weight excluding hydrogens is 337 g/mol. The third-order valence-corrected chi connectivity index (χ3v) is 3.10. The van der Waals surface area contributed by atoms with Crippen molar-refractivity contribution in [3.8, 4) is 0 Å². The maximum absolute atomic E-state index is 13.6. The largest absolute Gasteiger partial charge is 0.399 e. The lowest BCUT2D eigenvalue weighted by molar-refractivity contribution is 0.102. The van der Waals surface area contributed by atoms with Gasteiger partial charge in [-0.25, -0.2) is 13.2 Å². The van der Waals surface area contributed by atoms with Gasteiger partial charge in [-0.3, -0.25) is 4.79 Å². The monoisotopic (exact) mass is 344 g/mol. The van der Waals surface area contributed by atoms with Crippen molar-refractivity contribution >= 4 is 33.2 Å². The van der Waals surface area contributed by atoms with Crippen LogP contribution in [0.2, 0.25) is 0 Å². The number of carbonyl (C=O) groups is 1. The zero-order valence-corrected chi connectivity index (χ0v) is 11.5. The van der Waals surface area contributed by atoms with Gasteiger partial charge in [0, 0.05) is 11.8 Å². The lowest BCUT2D eigenvalue weighted by Crippen LogP contribution is -2.15. The van der Waals surface area contributed by atoms with Crippen molar-refractivity contribution in [2.24, 2.45) is 0 Å². The quantitative estimate of drug-likeness (QED) is 0.644. The number of halogens is 4. The molecule has 0 unspecified atom stereocenters. The Bertz CT molecular complexity index is 692. The van der Waals surface area contributed by atoms with E-state index in [1.54, 1.807) is 0 Å². The summed E-state index contributed by atoms with van der Waals surface area (Å²) in [5.41, 5.74) is 4.88. The van der Waals surface area contributed by atoms with Crippen LogP contribution in [0.3, 0.4) is 0 Å². The van der Waals surface area contributed by atoms with Crippen LogP contribution in [0.1, 0.15) is 10.4 Å². The summed E-state index contributed by atoms with van der Waals surface area (Å²) in [7, 11) is 0. The van der Waals surface area contributed by atoms with Gasteiger partial charge in [0.2, 0.25) is 0 Å². The molecule has 20 heavy (non-hydrogen) atoms. The van der Waals surface area contributed by atoms with E-state index in [2.05, 4.69) is 21.2 Å². The number of nitrogens with two attached hydrogens (primary N) is 1. The third-order valence-electron chi connectivity index (χ3n) is 2.49. The number of hydrogen-bond donors (Lipinski definition) is 2. The second-order valence-electron chi connectivity index (χ2n) is 3.94. The lowest BCUT2D eigenvalue weighted by Gasteiger charge is -2.08. The molecule has 104 valence electrons. The Labute approximate surface area is 120 Å². The average Bonchev–Trinajstić information content (AvgIpc) is 2.38. The first-order valence-electron chi connectivity index (χ1n) is 5.39. The maximum atomic E-state index is 13.6. The second-order valence-corrected chi connectivity index (χ2v) is 4.79. The highest BCUT2D eigenvalue weighted by molar-refractivity contribution is 9.10. The van der Waals surface area contributed by atoms with Crippen molar-refractivity contribution in [3.63, 3.8) is 0 Å². The van der Waals surface area contributed by atoms with E-state index in [1.807, 2.05) is 0 Å². The summed E-state index contributed by atoms with van der Waals surface area (Å²) in [4.78, 5) is 11.8. The van der Waals surface area contributed by atoms with Crippen LogP contribution in [0.25, 0.3) is 0 Å². The van der Waals surface area contributed by atoms with Gasteiger partial charge in [-0.2, -0.15) is 0 Å². The first-order valence-corrected chi connectivity index (χ1v) is 6.18. The normalized spacial score (nSPS) is 10.4. The molecule has 7 heteroatoms. The Morgan fingerprint density at radius 3 is 2.45 bits per heavy atom. The number of rotatable bonds is 2. The topological polar surface area (TPSA) is 55.1 Å². The molecule has 1 amide bonds. The molecule has 2 rings (SSSR count). The van der Waals surface area contributed by atoms with Crippen LogP contribution < -0.4 is 11.1 Å². The van der Waals surface area contributed by atoms with Gasteiger partial charge >= 0.3 is 0 Å². The fraction of sp³-hybridized carbons (Fsp3) is 0. The SMILES string of the molecule is Nc1ccc(F)c(C(=O)Nc2cc(F)c(Br)cc2F)c1. The Kier molecular flexibility index (Phi) is 3.99. The molecule has 0 radical (unpaired) electrons. The van der Waals surface area contributed by atoms with Crippen molar-refractivity contribution in [2.75, 3.05) is 11.1 Å². The molecule has 0 atom stereocenters. The molecule has 0 saturated heterocycles. The second kappa shape index (κ2) is 5.54. The average molecular weight is 345 g/mol. The van der Waals surface area contributed by atoms with Crippen molar-refractivity contribution < 1.29 is 18.0 Å². The summed E-state index contributed by atoms with van der Waals surface area (Å²) in [6.07, 6.45) is 0. The lowest BCUT2D eigenvalue weighted by atomic mass is 10.1. The highest BCUT2D eigenvalue weighted by atomic mass is 79.9. The number of anilines is 2. The van der Waals surface area contributed by atoms with E-state index in [9.17, 15) is 18.0 Å². The Hall–Kier alpha value is -2.02. The molecule has 0 bridgehead atoms. The molecular formula is C13H8BrF3N2O. The van der Waals surface area contributed by atoms with Crippen LogP contribution in [0.4, 0.5) is 24.5 Å². The predicted molar refractivity (Wildman–Crippen MR) is 72.8 cm³/mol. The fourth-order valence-electron chi connectivity index (χ4n) is 1.52. The van der Waals surface area contributed by atoms with E-state index in [0.717, 1.165) is 24.3 Å². The Balaban J connectivity index is 2.32. The fourth-order valence-corrected chi connectivity index (χ4v) is 1.84. The molecule has 0 aliphatic carbocycles. The minimum Gasteiger partial charge on any atom is -0.399 e. The van der Waals surface area contributed by atoms with Crippen LogP contribution in [0, 0.1) is 17.5 Å². The van der Waals surface area contributed by atoms with Crippen LogP contribution in [0.15, 0.2) is 34.8 Å². The molecule has 2 aromatic rings. The van der Waals surface area contributed by atoms with E-state index in [4.69, 9.17) is 5.73 Å². The molecule has 0 aliphatic heterocycles. The van der Waals surface area contributed by atoms with Gasteiger partial charge < -0.3 is 11.1 Å². The van der Waals surface area contributed by atoms with E-state index >= 15 is 0 Å². The maximum Gasteiger partial charge on any atom is 0.258 e. The van der Waals surface area contributed by atoms with Crippen molar-refractivity contribution in [3.05, 3.63) is 57.8 Å². The standard InChI is InChI=1S/C13H8BrF3N2O/c14-8-4-11(17)12(5-10(8)16)19-13(20)7-3-6(18)1-2-9(7)15/h1-5H,18H2,(H,19,20). The van der Waals surface area contributed by atoms with Gasteiger partial charge in [0.1, 0.15) is 17.5 Å². The molecule has 2 aromatic carbocycles. The smallest absolute Gasteiger partial charge is 0.258 e. The highest BCUT2D eigenvalue weighted by Gasteiger charge is 2.15. The molecule has 0 aliphatic rings. The number of nitrogen functional groups attached to an aromatic ring is 1. The predicted octanol–water partition coefficient (Wildman–Crippen LogP) is 3.70. The minimum absolute atomic E-state index is 0.0804.